The fraction of sp³-hybridized carbons (Fsp3) is 0.0625. The van der Waals surface area contributed by atoms with Crippen LogP contribution < -0.4 is 5.32 Å². The van der Waals surface area contributed by atoms with Gasteiger partial charge in [-0.05, 0) is 23.9 Å². The summed E-state index contributed by atoms with van der Waals surface area (Å²) in [5.74, 6) is 0.247. The molecule has 1 N–H and O–H groups in total. The highest BCUT2D eigenvalue weighted by Crippen LogP contribution is 2.24. The van der Waals surface area contributed by atoms with E-state index in [4.69, 9.17) is 11.6 Å². The molecular formula is C16H12ClN3O. The normalized spacial score (nSPS) is 10.6. The van der Waals surface area contributed by atoms with Crippen molar-refractivity contribution in [3.05, 3.63) is 65.1 Å². The second-order valence-electron chi connectivity index (χ2n) is 4.68. The third-order valence-corrected chi connectivity index (χ3v) is 3.45. The Morgan fingerprint density at radius 2 is 1.81 bits per heavy atom. The minimum Gasteiger partial charge on any atom is -0.306 e. The van der Waals surface area contributed by atoms with Crippen molar-refractivity contribution in [3.63, 3.8) is 0 Å². The highest BCUT2D eigenvalue weighted by atomic mass is 35.5. The standard InChI is InChI=1S/C16H12ClN3O/c1-10-6-7-14(18-8-10)20-16(21)13-9-19-15(17)12-5-3-2-4-11(12)13/h2-9H,1H3,(H,18,20,21). The molecule has 0 spiro atoms. The minimum absolute atomic E-state index is 0.258. The lowest BCUT2D eigenvalue weighted by Gasteiger charge is -2.08. The number of aryl methyl sites for hydroxylation is 1. The van der Waals surface area contributed by atoms with Crippen molar-refractivity contribution >= 4 is 34.1 Å². The molecule has 0 aliphatic heterocycles. The molecule has 0 aliphatic carbocycles. The fourth-order valence-electron chi connectivity index (χ4n) is 2.06. The summed E-state index contributed by atoms with van der Waals surface area (Å²) in [6, 6.07) is 11.1. The van der Waals surface area contributed by atoms with Crippen LogP contribution in [0.1, 0.15) is 15.9 Å². The zero-order valence-corrected chi connectivity index (χ0v) is 12.1. The molecule has 0 fully saturated rings. The number of halogens is 1. The summed E-state index contributed by atoms with van der Waals surface area (Å²) in [4.78, 5) is 20.6. The Morgan fingerprint density at radius 3 is 2.52 bits per heavy atom. The molecule has 0 saturated heterocycles. The first-order valence-corrected chi connectivity index (χ1v) is 6.80. The number of hydrogen-bond donors (Lipinski definition) is 1. The average molecular weight is 298 g/mol. The van der Waals surface area contributed by atoms with Gasteiger partial charge in [0, 0.05) is 17.8 Å². The zero-order valence-electron chi connectivity index (χ0n) is 11.3. The van der Waals surface area contributed by atoms with Gasteiger partial charge in [-0.2, -0.15) is 0 Å². The first kappa shape index (κ1) is 13.5. The van der Waals surface area contributed by atoms with Crippen molar-refractivity contribution in [1.82, 2.24) is 9.97 Å². The van der Waals surface area contributed by atoms with E-state index in [0.717, 1.165) is 16.3 Å². The summed E-state index contributed by atoms with van der Waals surface area (Å²) in [7, 11) is 0. The van der Waals surface area contributed by atoms with Gasteiger partial charge in [0.1, 0.15) is 11.0 Å². The number of nitrogens with zero attached hydrogens (tertiary/aromatic N) is 2. The quantitative estimate of drug-likeness (QED) is 0.731. The monoisotopic (exact) mass is 297 g/mol. The van der Waals surface area contributed by atoms with Gasteiger partial charge in [0.05, 0.1) is 5.56 Å². The number of carbonyl (C=O) groups is 1. The molecule has 21 heavy (non-hydrogen) atoms. The summed E-state index contributed by atoms with van der Waals surface area (Å²) < 4.78 is 0. The molecule has 0 saturated carbocycles. The van der Waals surface area contributed by atoms with E-state index in [1.165, 1.54) is 6.20 Å². The number of fused-ring (bicyclic) bond motifs is 1. The Kier molecular flexibility index (Phi) is 3.54. The van der Waals surface area contributed by atoms with E-state index in [1.54, 1.807) is 12.3 Å². The van der Waals surface area contributed by atoms with Crippen LogP contribution in [0.15, 0.2) is 48.8 Å². The number of hydrogen-bond acceptors (Lipinski definition) is 3. The number of nitrogens with one attached hydrogen (secondary N) is 1. The largest absolute Gasteiger partial charge is 0.306 e. The molecule has 0 bridgehead atoms. The van der Waals surface area contributed by atoms with Crippen LogP contribution in [0.4, 0.5) is 5.82 Å². The smallest absolute Gasteiger partial charge is 0.259 e. The number of pyridine rings is 2. The topological polar surface area (TPSA) is 54.9 Å². The molecule has 1 amide bonds. The van der Waals surface area contributed by atoms with E-state index in [9.17, 15) is 4.79 Å². The number of rotatable bonds is 2. The van der Waals surface area contributed by atoms with Gasteiger partial charge in [0.2, 0.25) is 0 Å². The van der Waals surface area contributed by atoms with Crippen molar-refractivity contribution in [1.29, 1.82) is 0 Å². The van der Waals surface area contributed by atoms with E-state index in [1.807, 2.05) is 37.3 Å². The predicted octanol–water partition coefficient (Wildman–Crippen LogP) is 3.84. The highest BCUT2D eigenvalue weighted by molar-refractivity contribution is 6.35. The first-order valence-electron chi connectivity index (χ1n) is 6.42. The number of anilines is 1. The Morgan fingerprint density at radius 1 is 1.05 bits per heavy atom. The number of carbonyl (C=O) groups excluding carboxylic acids is 1. The van der Waals surface area contributed by atoms with Crippen LogP contribution in [-0.4, -0.2) is 15.9 Å². The van der Waals surface area contributed by atoms with Crippen LogP contribution >= 0.6 is 11.6 Å². The summed E-state index contributed by atoms with van der Waals surface area (Å²) in [6.07, 6.45) is 3.18. The molecule has 5 heteroatoms. The maximum Gasteiger partial charge on any atom is 0.259 e. The Bertz CT molecular complexity index is 815. The van der Waals surface area contributed by atoms with Gasteiger partial charge in [-0.3, -0.25) is 4.79 Å². The molecule has 2 heterocycles. The zero-order chi connectivity index (χ0) is 14.8. The van der Waals surface area contributed by atoms with Gasteiger partial charge in [-0.1, -0.05) is 41.9 Å². The van der Waals surface area contributed by atoms with Crippen LogP contribution in [0.2, 0.25) is 5.15 Å². The molecule has 2 aromatic heterocycles. The molecule has 3 rings (SSSR count). The number of amides is 1. The Balaban J connectivity index is 1.98. The number of benzene rings is 1. The molecule has 104 valence electrons. The van der Waals surface area contributed by atoms with Crippen LogP contribution in [0.5, 0.6) is 0 Å². The van der Waals surface area contributed by atoms with E-state index in [2.05, 4.69) is 15.3 Å². The summed E-state index contributed by atoms with van der Waals surface area (Å²) in [5.41, 5.74) is 1.50. The molecule has 3 aromatic rings. The van der Waals surface area contributed by atoms with E-state index >= 15 is 0 Å². The highest BCUT2D eigenvalue weighted by Gasteiger charge is 2.13. The van der Waals surface area contributed by atoms with Crippen LogP contribution in [-0.2, 0) is 0 Å². The van der Waals surface area contributed by atoms with Crippen LogP contribution in [0, 0.1) is 6.92 Å². The number of aromatic nitrogens is 2. The SMILES string of the molecule is Cc1ccc(NC(=O)c2cnc(Cl)c3ccccc23)nc1. The van der Waals surface area contributed by atoms with Crippen molar-refractivity contribution in [2.75, 3.05) is 5.32 Å². The summed E-state index contributed by atoms with van der Waals surface area (Å²) >= 11 is 6.06. The average Bonchev–Trinajstić information content (AvgIpc) is 2.50. The Labute approximate surface area is 126 Å². The van der Waals surface area contributed by atoms with Gasteiger partial charge in [-0.15, -0.1) is 0 Å². The maximum atomic E-state index is 12.4. The van der Waals surface area contributed by atoms with E-state index in [-0.39, 0.29) is 5.91 Å². The Hall–Kier alpha value is -2.46. The van der Waals surface area contributed by atoms with Crippen molar-refractivity contribution in [2.24, 2.45) is 0 Å². The second-order valence-corrected chi connectivity index (χ2v) is 5.04. The second kappa shape index (κ2) is 5.50. The maximum absolute atomic E-state index is 12.4. The molecule has 0 radical (unpaired) electrons. The van der Waals surface area contributed by atoms with Gasteiger partial charge in [-0.25, -0.2) is 9.97 Å². The third-order valence-electron chi connectivity index (χ3n) is 3.14. The lowest BCUT2D eigenvalue weighted by molar-refractivity contribution is 0.102. The lowest BCUT2D eigenvalue weighted by Crippen LogP contribution is -2.13. The predicted molar refractivity (Wildman–Crippen MR) is 83.7 cm³/mol. The van der Waals surface area contributed by atoms with Crippen LogP contribution in [0.3, 0.4) is 0 Å². The van der Waals surface area contributed by atoms with E-state index < -0.39 is 0 Å². The van der Waals surface area contributed by atoms with Crippen molar-refractivity contribution in [3.8, 4) is 0 Å². The molecule has 0 atom stereocenters. The van der Waals surface area contributed by atoms with Gasteiger partial charge >= 0.3 is 0 Å². The summed E-state index contributed by atoms with van der Waals surface area (Å²) in [5, 5.41) is 4.67. The van der Waals surface area contributed by atoms with Gasteiger partial charge in [0.15, 0.2) is 0 Å². The first-order chi connectivity index (χ1) is 10.1. The van der Waals surface area contributed by atoms with Crippen molar-refractivity contribution < 1.29 is 4.79 Å². The minimum atomic E-state index is -0.258. The van der Waals surface area contributed by atoms with Gasteiger partial charge < -0.3 is 5.32 Å². The van der Waals surface area contributed by atoms with E-state index in [0.29, 0.717) is 16.5 Å². The van der Waals surface area contributed by atoms with Crippen LogP contribution in [0.25, 0.3) is 10.8 Å². The third kappa shape index (κ3) is 2.71. The molecule has 0 unspecified atom stereocenters. The lowest BCUT2D eigenvalue weighted by atomic mass is 10.1. The summed E-state index contributed by atoms with van der Waals surface area (Å²) in [6.45, 7) is 1.94. The molecule has 1 aromatic carbocycles. The molecule has 4 nitrogen and oxygen atoms in total. The van der Waals surface area contributed by atoms with Gasteiger partial charge in [0.25, 0.3) is 5.91 Å². The molecular weight excluding hydrogens is 286 g/mol. The molecule has 0 aliphatic rings. The fourth-order valence-corrected chi connectivity index (χ4v) is 2.28. The van der Waals surface area contributed by atoms with Crippen molar-refractivity contribution in [2.45, 2.75) is 6.92 Å².